The van der Waals surface area contributed by atoms with Gasteiger partial charge < -0.3 is 15.1 Å². The number of carbonyl (C=O) groups is 1. The Morgan fingerprint density at radius 1 is 1.29 bits per heavy atom. The van der Waals surface area contributed by atoms with Gasteiger partial charge >= 0.3 is 6.03 Å². The number of rotatable bonds is 4. The summed E-state index contributed by atoms with van der Waals surface area (Å²) in [5, 5.41) is 3.00. The number of urea groups is 1. The van der Waals surface area contributed by atoms with Gasteiger partial charge in [-0.2, -0.15) is 0 Å². The van der Waals surface area contributed by atoms with Crippen LogP contribution in [0.3, 0.4) is 0 Å². The largest absolute Gasteiger partial charge is 0.365 e. The van der Waals surface area contributed by atoms with Crippen LogP contribution in [0.2, 0.25) is 0 Å². The van der Waals surface area contributed by atoms with Crippen molar-refractivity contribution in [3.05, 3.63) is 29.8 Å². The van der Waals surface area contributed by atoms with E-state index < -0.39 is 0 Å². The second kappa shape index (κ2) is 7.34. The molecule has 1 fully saturated rings. The highest BCUT2D eigenvalue weighted by atomic mass is 16.2. The molecule has 0 spiro atoms. The average Bonchev–Trinajstić information content (AvgIpc) is 2.48. The number of unbranched alkanes of at least 4 members (excludes halogenated alkanes) is 1. The standard InChI is InChI=1S/C17H27N3O/c1-4-5-10-18-17(21)19-11-12-20(15(3)13-19)16-8-6-14(2)7-9-16/h6-9,15H,4-5,10-13H2,1-3H3,(H,18,21). The minimum absolute atomic E-state index is 0.0823. The first-order chi connectivity index (χ1) is 10.1. The van der Waals surface area contributed by atoms with Gasteiger partial charge in [0.2, 0.25) is 0 Å². The van der Waals surface area contributed by atoms with E-state index in [1.54, 1.807) is 0 Å². The highest BCUT2D eigenvalue weighted by Gasteiger charge is 2.26. The predicted octanol–water partition coefficient (Wildman–Crippen LogP) is 3.02. The lowest BCUT2D eigenvalue weighted by atomic mass is 10.1. The van der Waals surface area contributed by atoms with Gasteiger partial charge in [-0.15, -0.1) is 0 Å². The van der Waals surface area contributed by atoms with Crippen molar-refractivity contribution in [3.8, 4) is 0 Å². The van der Waals surface area contributed by atoms with Crippen molar-refractivity contribution < 1.29 is 4.79 Å². The third-order valence-electron chi connectivity index (χ3n) is 4.09. The molecule has 2 amide bonds. The Kier molecular flexibility index (Phi) is 5.48. The van der Waals surface area contributed by atoms with Crippen LogP contribution in [-0.2, 0) is 0 Å². The smallest absolute Gasteiger partial charge is 0.317 e. The van der Waals surface area contributed by atoms with Crippen LogP contribution in [0.15, 0.2) is 24.3 Å². The fourth-order valence-electron chi connectivity index (χ4n) is 2.75. The van der Waals surface area contributed by atoms with Crippen molar-refractivity contribution >= 4 is 11.7 Å². The van der Waals surface area contributed by atoms with E-state index >= 15 is 0 Å². The zero-order valence-corrected chi connectivity index (χ0v) is 13.4. The summed E-state index contributed by atoms with van der Waals surface area (Å²) in [4.78, 5) is 16.4. The molecule has 1 aliphatic rings. The molecule has 1 N–H and O–H groups in total. The minimum atomic E-state index is 0.0823. The Morgan fingerprint density at radius 2 is 2.00 bits per heavy atom. The third kappa shape index (κ3) is 4.13. The van der Waals surface area contributed by atoms with E-state index in [1.807, 2.05) is 4.90 Å². The molecule has 1 unspecified atom stereocenters. The normalized spacial score (nSPS) is 18.7. The first-order valence-corrected chi connectivity index (χ1v) is 7.98. The lowest BCUT2D eigenvalue weighted by Gasteiger charge is -2.41. The molecule has 0 bridgehead atoms. The van der Waals surface area contributed by atoms with E-state index in [-0.39, 0.29) is 6.03 Å². The van der Waals surface area contributed by atoms with E-state index in [4.69, 9.17) is 0 Å². The summed E-state index contributed by atoms with van der Waals surface area (Å²) < 4.78 is 0. The van der Waals surface area contributed by atoms with Crippen molar-refractivity contribution in [3.63, 3.8) is 0 Å². The molecule has 21 heavy (non-hydrogen) atoms. The summed E-state index contributed by atoms with van der Waals surface area (Å²) in [5.41, 5.74) is 2.53. The van der Waals surface area contributed by atoms with Crippen LogP contribution in [0.25, 0.3) is 0 Å². The maximum Gasteiger partial charge on any atom is 0.317 e. The van der Waals surface area contributed by atoms with Crippen molar-refractivity contribution in [2.75, 3.05) is 31.1 Å². The van der Waals surface area contributed by atoms with E-state index in [9.17, 15) is 4.79 Å². The topological polar surface area (TPSA) is 35.6 Å². The molecule has 1 aromatic carbocycles. The maximum atomic E-state index is 12.1. The summed E-state index contributed by atoms with van der Waals surface area (Å²) in [6.45, 7) is 9.67. The number of carbonyl (C=O) groups excluding carboxylic acids is 1. The van der Waals surface area contributed by atoms with Crippen LogP contribution in [0.5, 0.6) is 0 Å². The number of amides is 2. The molecule has 1 aliphatic heterocycles. The Bertz CT molecular complexity index is 458. The van der Waals surface area contributed by atoms with Gasteiger partial charge in [-0.3, -0.25) is 0 Å². The van der Waals surface area contributed by atoms with E-state index in [0.29, 0.717) is 6.04 Å². The molecule has 1 saturated heterocycles. The van der Waals surface area contributed by atoms with Crippen molar-refractivity contribution in [1.82, 2.24) is 10.2 Å². The van der Waals surface area contributed by atoms with Crippen LogP contribution in [0, 0.1) is 6.92 Å². The van der Waals surface area contributed by atoms with E-state index in [2.05, 4.69) is 55.3 Å². The number of nitrogens with one attached hydrogen (secondary N) is 1. The fraction of sp³-hybridized carbons (Fsp3) is 0.588. The first kappa shape index (κ1) is 15.7. The van der Waals surface area contributed by atoms with Crippen LogP contribution < -0.4 is 10.2 Å². The van der Waals surface area contributed by atoms with Crippen molar-refractivity contribution in [1.29, 1.82) is 0 Å². The van der Waals surface area contributed by atoms with Crippen molar-refractivity contribution in [2.45, 2.75) is 39.7 Å². The van der Waals surface area contributed by atoms with Crippen LogP contribution in [0.1, 0.15) is 32.3 Å². The summed E-state index contributed by atoms with van der Waals surface area (Å²) in [6, 6.07) is 9.06. The zero-order chi connectivity index (χ0) is 15.2. The Hall–Kier alpha value is -1.71. The quantitative estimate of drug-likeness (QED) is 0.865. The lowest BCUT2D eigenvalue weighted by molar-refractivity contribution is 0.186. The highest BCUT2D eigenvalue weighted by Crippen LogP contribution is 2.21. The van der Waals surface area contributed by atoms with Gasteiger partial charge in [-0.05, 0) is 32.4 Å². The summed E-state index contributed by atoms with van der Waals surface area (Å²) in [5.74, 6) is 0. The number of hydrogen-bond acceptors (Lipinski definition) is 2. The third-order valence-corrected chi connectivity index (χ3v) is 4.09. The van der Waals surface area contributed by atoms with Crippen molar-refractivity contribution in [2.24, 2.45) is 0 Å². The molecule has 116 valence electrons. The number of benzene rings is 1. The van der Waals surface area contributed by atoms with Gasteiger partial charge in [0.05, 0.1) is 0 Å². The van der Waals surface area contributed by atoms with Gasteiger partial charge in [0.1, 0.15) is 0 Å². The SMILES string of the molecule is CCCCNC(=O)N1CCN(c2ccc(C)cc2)C(C)C1. The van der Waals surface area contributed by atoms with Gasteiger partial charge in [0.25, 0.3) is 0 Å². The molecule has 1 atom stereocenters. The molecule has 0 aliphatic carbocycles. The first-order valence-electron chi connectivity index (χ1n) is 7.98. The molecule has 4 nitrogen and oxygen atoms in total. The molecule has 1 aromatic rings. The monoisotopic (exact) mass is 289 g/mol. The average molecular weight is 289 g/mol. The number of anilines is 1. The second-order valence-electron chi connectivity index (χ2n) is 5.91. The minimum Gasteiger partial charge on any atom is -0.365 e. The number of aryl methyl sites for hydroxylation is 1. The predicted molar refractivity (Wildman–Crippen MR) is 87.9 cm³/mol. The summed E-state index contributed by atoms with van der Waals surface area (Å²) in [6.07, 6.45) is 2.16. The van der Waals surface area contributed by atoms with Gasteiger partial charge in [0.15, 0.2) is 0 Å². The second-order valence-corrected chi connectivity index (χ2v) is 5.91. The number of hydrogen-bond donors (Lipinski definition) is 1. The lowest BCUT2D eigenvalue weighted by Crippen LogP contribution is -2.56. The van der Waals surface area contributed by atoms with Crippen LogP contribution in [0.4, 0.5) is 10.5 Å². The number of nitrogens with zero attached hydrogens (tertiary/aromatic N) is 2. The molecular weight excluding hydrogens is 262 g/mol. The fourth-order valence-corrected chi connectivity index (χ4v) is 2.75. The summed E-state index contributed by atoms with van der Waals surface area (Å²) >= 11 is 0. The van der Waals surface area contributed by atoms with Gasteiger partial charge in [0, 0.05) is 37.9 Å². The van der Waals surface area contributed by atoms with Gasteiger partial charge in [-0.1, -0.05) is 31.0 Å². The molecule has 4 heteroatoms. The van der Waals surface area contributed by atoms with Gasteiger partial charge in [-0.25, -0.2) is 4.79 Å². The Labute approximate surface area is 128 Å². The molecule has 1 heterocycles. The maximum absolute atomic E-state index is 12.1. The molecule has 0 saturated carbocycles. The number of piperazine rings is 1. The Balaban J connectivity index is 1.89. The zero-order valence-electron chi connectivity index (χ0n) is 13.4. The van der Waals surface area contributed by atoms with E-state index in [0.717, 1.165) is 39.0 Å². The molecule has 2 rings (SSSR count). The summed E-state index contributed by atoms with van der Waals surface area (Å²) in [7, 11) is 0. The highest BCUT2D eigenvalue weighted by molar-refractivity contribution is 5.74. The molecule has 0 radical (unpaired) electrons. The Morgan fingerprint density at radius 3 is 2.62 bits per heavy atom. The van der Waals surface area contributed by atoms with Crippen LogP contribution >= 0.6 is 0 Å². The van der Waals surface area contributed by atoms with E-state index in [1.165, 1.54) is 11.3 Å². The van der Waals surface area contributed by atoms with Crippen LogP contribution in [-0.4, -0.2) is 43.2 Å². The molecular formula is C17H27N3O. The molecule has 0 aromatic heterocycles.